The fraction of sp³-hybridized carbons (Fsp3) is 0.0769. The maximum atomic E-state index is 11.8. The molecule has 0 saturated heterocycles. The smallest absolute Gasteiger partial charge is 0.341 e. The first-order valence-corrected chi connectivity index (χ1v) is 5.35. The van der Waals surface area contributed by atoms with Gasteiger partial charge in [-0.05, 0) is 0 Å². The molecule has 0 fully saturated rings. The van der Waals surface area contributed by atoms with E-state index in [-0.39, 0.29) is 16.8 Å². The molecule has 0 amide bonds. The molecule has 1 aromatic carbocycles. The van der Waals surface area contributed by atoms with Gasteiger partial charge in [-0.15, -0.1) is 0 Å². The van der Waals surface area contributed by atoms with E-state index in [0.29, 0.717) is 5.56 Å². The Morgan fingerprint density at radius 3 is 2.63 bits per heavy atom. The Morgan fingerprint density at radius 2 is 2.05 bits per heavy atom. The lowest BCUT2D eigenvalue weighted by Crippen LogP contribution is -2.20. The van der Waals surface area contributed by atoms with Crippen molar-refractivity contribution in [2.75, 3.05) is 7.11 Å². The first kappa shape index (κ1) is 12.5. The summed E-state index contributed by atoms with van der Waals surface area (Å²) < 4.78 is 4.61. The highest BCUT2D eigenvalue weighted by Crippen LogP contribution is 2.22. The quantitative estimate of drug-likeness (QED) is 0.810. The molecule has 1 aromatic heterocycles. The Kier molecular flexibility index (Phi) is 3.39. The monoisotopic (exact) mass is 255 g/mol. The van der Waals surface area contributed by atoms with E-state index < -0.39 is 11.5 Å². The summed E-state index contributed by atoms with van der Waals surface area (Å²) in [5.74, 6) is -0.769. The topological polar surface area (TPSA) is 95.8 Å². The summed E-state index contributed by atoms with van der Waals surface area (Å²) in [6.07, 6.45) is 0. The van der Waals surface area contributed by atoms with Gasteiger partial charge in [0.2, 0.25) is 0 Å². The van der Waals surface area contributed by atoms with E-state index in [1.54, 1.807) is 36.4 Å². The summed E-state index contributed by atoms with van der Waals surface area (Å²) in [4.78, 5) is 23.3. The minimum Gasteiger partial charge on any atom is -0.465 e. The van der Waals surface area contributed by atoms with E-state index in [2.05, 4.69) is 14.9 Å². The molecule has 0 unspecified atom stereocenters. The maximum absolute atomic E-state index is 11.8. The zero-order valence-corrected chi connectivity index (χ0v) is 10.0. The molecule has 0 atom stereocenters. The fourth-order valence-corrected chi connectivity index (χ4v) is 1.66. The van der Waals surface area contributed by atoms with Gasteiger partial charge in [0.05, 0.1) is 7.11 Å². The minimum atomic E-state index is -0.769. The Labute approximate surface area is 108 Å². The number of rotatable bonds is 2. The summed E-state index contributed by atoms with van der Waals surface area (Å²) >= 11 is 0. The van der Waals surface area contributed by atoms with Crippen LogP contribution >= 0.6 is 0 Å². The number of nitrogens with one attached hydrogen (secondary N) is 1. The van der Waals surface area contributed by atoms with Gasteiger partial charge in [0.1, 0.15) is 22.9 Å². The molecule has 0 spiro atoms. The van der Waals surface area contributed by atoms with Crippen molar-refractivity contribution in [3.63, 3.8) is 0 Å². The highest BCUT2D eigenvalue weighted by Gasteiger charge is 2.22. The highest BCUT2D eigenvalue weighted by atomic mass is 16.5. The molecular weight excluding hydrogens is 246 g/mol. The first-order valence-electron chi connectivity index (χ1n) is 5.35. The average Bonchev–Trinajstić information content (AvgIpc) is 2.47. The van der Waals surface area contributed by atoms with Crippen LogP contribution in [0.15, 0.2) is 35.1 Å². The number of esters is 1. The summed E-state index contributed by atoms with van der Waals surface area (Å²) in [5, 5.41) is 15.0. The number of hydrogen-bond donors (Lipinski definition) is 1. The third-order valence-electron chi connectivity index (χ3n) is 2.53. The number of methoxy groups -OCH3 is 1. The van der Waals surface area contributed by atoms with Crippen LogP contribution in [0.5, 0.6) is 0 Å². The average molecular weight is 255 g/mol. The van der Waals surface area contributed by atoms with Gasteiger partial charge in [0, 0.05) is 5.56 Å². The van der Waals surface area contributed by atoms with E-state index in [1.807, 2.05) is 0 Å². The number of ether oxygens (including phenoxy) is 1. The molecule has 0 aliphatic carbocycles. The number of nitriles is 1. The minimum absolute atomic E-state index is 0.125. The van der Waals surface area contributed by atoms with Crippen LogP contribution in [0.1, 0.15) is 15.9 Å². The lowest BCUT2D eigenvalue weighted by molar-refractivity contribution is 0.0600. The van der Waals surface area contributed by atoms with Gasteiger partial charge in [-0.1, -0.05) is 30.3 Å². The zero-order chi connectivity index (χ0) is 13.8. The highest BCUT2D eigenvalue weighted by molar-refractivity contribution is 5.98. The van der Waals surface area contributed by atoms with Gasteiger partial charge in [0.15, 0.2) is 0 Å². The van der Waals surface area contributed by atoms with Crippen LogP contribution in [0, 0.1) is 11.3 Å². The molecule has 0 radical (unpaired) electrons. The van der Waals surface area contributed by atoms with Crippen molar-refractivity contribution in [1.82, 2.24) is 10.2 Å². The number of nitrogens with zero attached hydrogens (tertiary/aromatic N) is 2. The summed E-state index contributed by atoms with van der Waals surface area (Å²) in [6.45, 7) is 0. The van der Waals surface area contributed by atoms with Crippen molar-refractivity contribution in [1.29, 1.82) is 5.26 Å². The number of carbonyl (C=O) groups excluding carboxylic acids is 1. The lowest BCUT2D eigenvalue weighted by atomic mass is 10.0. The molecule has 1 N–H and O–H groups in total. The van der Waals surface area contributed by atoms with Gasteiger partial charge in [-0.3, -0.25) is 4.79 Å². The largest absolute Gasteiger partial charge is 0.465 e. The van der Waals surface area contributed by atoms with E-state index in [1.165, 1.54) is 7.11 Å². The van der Waals surface area contributed by atoms with Crippen LogP contribution in [0.4, 0.5) is 0 Å². The Hall–Kier alpha value is -2.94. The number of hydrogen-bond acceptors (Lipinski definition) is 5. The molecule has 2 rings (SSSR count). The molecular formula is C13H9N3O3. The van der Waals surface area contributed by atoms with E-state index in [9.17, 15) is 9.59 Å². The molecule has 1 heterocycles. The number of H-pyrrole nitrogens is 1. The molecule has 0 bridgehead atoms. The second kappa shape index (κ2) is 5.14. The Balaban J connectivity index is 2.80. The van der Waals surface area contributed by atoms with Crippen molar-refractivity contribution in [2.24, 2.45) is 0 Å². The molecule has 0 saturated carbocycles. The summed E-state index contributed by atoms with van der Waals surface area (Å²) in [7, 11) is 1.18. The number of benzene rings is 1. The standard InChI is InChI=1S/C13H9N3O3/c1-19-13(18)10-9(7-14)12(17)16-15-11(10)8-5-3-2-4-6-8/h2-6H,1H3,(H,16,17). The molecule has 19 heavy (non-hydrogen) atoms. The van der Waals surface area contributed by atoms with Crippen LogP contribution in [0.3, 0.4) is 0 Å². The van der Waals surface area contributed by atoms with Crippen molar-refractivity contribution < 1.29 is 9.53 Å². The third kappa shape index (κ3) is 2.21. The van der Waals surface area contributed by atoms with Crippen LogP contribution in [0.25, 0.3) is 11.3 Å². The molecule has 6 heteroatoms. The maximum Gasteiger partial charge on any atom is 0.341 e. The fourth-order valence-electron chi connectivity index (χ4n) is 1.66. The second-order valence-electron chi connectivity index (χ2n) is 3.62. The first-order chi connectivity index (χ1) is 9.19. The van der Waals surface area contributed by atoms with Crippen LogP contribution in [-0.2, 0) is 4.74 Å². The van der Waals surface area contributed by atoms with E-state index >= 15 is 0 Å². The number of carbonyl (C=O) groups is 1. The third-order valence-corrected chi connectivity index (χ3v) is 2.53. The van der Waals surface area contributed by atoms with Gasteiger partial charge in [-0.25, -0.2) is 9.89 Å². The molecule has 0 aliphatic heterocycles. The van der Waals surface area contributed by atoms with Gasteiger partial charge < -0.3 is 4.74 Å². The zero-order valence-electron chi connectivity index (χ0n) is 10.0. The number of aromatic amines is 1. The molecule has 2 aromatic rings. The molecule has 0 aliphatic rings. The lowest BCUT2D eigenvalue weighted by Gasteiger charge is -2.07. The molecule has 6 nitrogen and oxygen atoms in total. The van der Waals surface area contributed by atoms with Crippen molar-refractivity contribution >= 4 is 5.97 Å². The number of aromatic nitrogens is 2. The van der Waals surface area contributed by atoms with Crippen LogP contribution in [-0.4, -0.2) is 23.3 Å². The van der Waals surface area contributed by atoms with Gasteiger partial charge in [-0.2, -0.15) is 10.4 Å². The van der Waals surface area contributed by atoms with Crippen LogP contribution < -0.4 is 5.56 Å². The van der Waals surface area contributed by atoms with Gasteiger partial charge >= 0.3 is 5.97 Å². The Morgan fingerprint density at radius 1 is 1.37 bits per heavy atom. The van der Waals surface area contributed by atoms with E-state index in [0.717, 1.165) is 0 Å². The van der Waals surface area contributed by atoms with Crippen molar-refractivity contribution in [3.8, 4) is 17.3 Å². The Bertz CT molecular complexity index is 714. The van der Waals surface area contributed by atoms with Crippen molar-refractivity contribution in [2.45, 2.75) is 0 Å². The normalized spacial score (nSPS) is 9.68. The predicted octanol–water partition coefficient (Wildman–Crippen LogP) is 1.10. The van der Waals surface area contributed by atoms with E-state index in [4.69, 9.17) is 5.26 Å². The molecule has 94 valence electrons. The summed E-state index contributed by atoms with van der Waals surface area (Å²) in [5.41, 5.74) is -0.331. The van der Waals surface area contributed by atoms with Gasteiger partial charge in [0.25, 0.3) is 5.56 Å². The SMILES string of the molecule is COC(=O)c1c(-c2ccccc2)n[nH]c(=O)c1C#N. The summed E-state index contributed by atoms with van der Waals surface area (Å²) in [6, 6.07) is 10.5. The van der Waals surface area contributed by atoms with Crippen molar-refractivity contribution in [3.05, 3.63) is 51.8 Å². The predicted molar refractivity (Wildman–Crippen MR) is 66.3 cm³/mol. The van der Waals surface area contributed by atoms with Crippen LogP contribution in [0.2, 0.25) is 0 Å². The second-order valence-corrected chi connectivity index (χ2v) is 3.62.